The number of aliphatic carboxylic acids is 6. The van der Waals surface area contributed by atoms with Crippen molar-refractivity contribution in [3.05, 3.63) is 30.5 Å². The van der Waals surface area contributed by atoms with Crippen molar-refractivity contribution in [1.82, 2.24) is 35.7 Å². The fourth-order valence-corrected chi connectivity index (χ4v) is 5.95. The maximum atomic E-state index is 12.5. The van der Waals surface area contributed by atoms with Crippen molar-refractivity contribution in [2.45, 2.75) is 122 Å². The van der Waals surface area contributed by atoms with Crippen LogP contribution in [-0.4, -0.2) is 143 Å². The van der Waals surface area contributed by atoms with Gasteiger partial charge >= 0.3 is 41.8 Å². The first-order valence-electron chi connectivity index (χ1n) is 20.3. The van der Waals surface area contributed by atoms with Gasteiger partial charge in [0, 0.05) is 62.6 Å². The van der Waals surface area contributed by atoms with Crippen molar-refractivity contribution in [3.63, 3.8) is 0 Å². The topological polar surface area (TPSA) is 357 Å². The van der Waals surface area contributed by atoms with Crippen LogP contribution >= 0.6 is 0 Å². The van der Waals surface area contributed by atoms with E-state index >= 15 is 0 Å². The average molecular weight is 881 g/mol. The summed E-state index contributed by atoms with van der Waals surface area (Å²) >= 11 is 0. The Balaban J connectivity index is 0.00000362. The van der Waals surface area contributed by atoms with Crippen molar-refractivity contribution in [1.29, 1.82) is 0 Å². The van der Waals surface area contributed by atoms with Crippen molar-refractivity contribution in [3.8, 4) is 0 Å². The molecule has 346 valence electrons. The zero-order valence-electron chi connectivity index (χ0n) is 34.8. The van der Waals surface area contributed by atoms with Gasteiger partial charge in [-0.25, -0.2) is 19.4 Å². The van der Waals surface area contributed by atoms with E-state index in [4.69, 9.17) is 10.2 Å². The zero-order valence-corrected chi connectivity index (χ0v) is 34.8. The first-order chi connectivity index (χ1) is 29.4. The predicted octanol–water partition coefficient (Wildman–Crippen LogP) is 1.51. The molecular weight excluding hydrogens is 820 g/mol. The highest BCUT2D eigenvalue weighted by atomic mass is 16.4. The van der Waals surface area contributed by atoms with Crippen LogP contribution in [0.4, 0.5) is 4.79 Å². The summed E-state index contributed by atoms with van der Waals surface area (Å²) in [6, 6.07) is -3.21. The summed E-state index contributed by atoms with van der Waals surface area (Å²) in [4.78, 5) is 113. The number of aliphatic imine (C=N–C) groups is 1. The van der Waals surface area contributed by atoms with Crippen molar-refractivity contribution in [2.24, 2.45) is 10.9 Å². The normalized spacial score (nSPS) is 13.8. The third-order valence-electron chi connectivity index (χ3n) is 9.20. The molecule has 0 radical (unpaired) electrons. The molecule has 0 saturated carbocycles. The number of hydrogen-bond acceptors (Lipinski definition) is 12. The molecule has 0 aromatic carbocycles. The fourth-order valence-electron chi connectivity index (χ4n) is 5.95. The van der Waals surface area contributed by atoms with Gasteiger partial charge in [0.05, 0.1) is 13.0 Å². The monoisotopic (exact) mass is 880 g/mol. The number of nitrogens with zero attached hydrogens (tertiary/aromatic N) is 4. The Bertz CT molecular complexity index is 1710. The molecular formula is C39H60N8O15. The molecule has 62 heavy (non-hydrogen) atoms. The number of amides is 4. The van der Waals surface area contributed by atoms with E-state index in [9.17, 15) is 63.6 Å². The molecule has 10 N–H and O–H groups in total. The lowest BCUT2D eigenvalue weighted by molar-refractivity contribution is -0.142. The highest BCUT2D eigenvalue weighted by Gasteiger charge is 2.24. The number of carbonyl (C=O) groups is 9. The lowest BCUT2D eigenvalue weighted by atomic mass is 10.00. The van der Waals surface area contributed by atoms with Crippen LogP contribution in [0.25, 0.3) is 0 Å². The van der Waals surface area contributed by atoms with Gasteiger partial charge in [-0.2, -0.15) is 0 Å². The minimum absolute atomic E-state index is 0.0896. The second-order valence-corrected chi connectivity index (χ2v) is 14.3. The lowest BCUT2D eigenvalue weighted by Crippen LogP contribution is -2.47. The van der Waals surface area contributed by atoms with E-state index in [1.807, 2.05) is 10.2 Å². The first kappa shape index (κ1) is 53.6. The van der Waals surface area contributed by atoms with Crippen molar-refractivity contribution < 1.29 is 73.8 Å². The number of urea groups is 1. The van der Waals surface area contributed by atoms with Gasteiger partial charge in [-0.3, -0.25) is 38.7 Å². The molecule has 3 atom stereocenters. The molecule has 23 heteroatoms. The summed E-state index contributed by atoms with van der Waals surface area (Å²) in [5.41, 5.74) is 0.645. The van der Waals surface area contributed by atoms with Gasteiger partial charge in [0.2, 0.25) is 11.8 Å². The number of imidazole rings is 1. The minimum atomic E-state index is -1.27. The minimum Gasteiger partial charge on any atom is -0.481 e. The standard InChI is InChI=1S/C36H54N8O13.C3H6O2/c45-29(39-14-7-5-9-26(35(55)56)42-36(57)40-20-32(49)50)11-3-1-2-4-12-30(46)41-25(34(53)54)10-6-8-17-43(21-27-24(13-15-37-27)19-31(47)48)22-28-38-16-18-44(28)23-33(51)52;1-2-3(4)5/h13,15-16,18,24-26H,1-12,14,17,19-23H2,(H,39,45)(H,41,46)(H,47,48)(H,49,50)(H,51,52)(H,53,54)(H,55,56)(H2,40,42,57);2H2,1H3,(H,4,5). The largest absolute Gasteiger partial charge is 0.481 e. The molecule has 2 rings (SSSR count). The molecule has 0 fully saturated rings. The second-order valence-electron chi connectivity index (χ2n) is 14.3. The molecule has 3 unspecified atom stereocenters. The molecule has 1 aromatic rings. The van der Waals surface area contributed by atoms with E-state index in [0.717, 1.165) is 0 Å². The fraction of sp³-hybridized carbons (Fsp3) is 0.615. The van der Waals surface area contributed by atoms with Gasteiger partial charge in [-0.1, -0.05) is 25.8 Å². The summed E-state index contributed by atoms with van der Waals surface area (Å²) in [6.07, 6.45) is 11.3. The maximum Gasteiger partial charge on any atom is 0.326 e. The molecule has 1 aliphatic heterocycles. The smallest absolute Gasteiger partial charge is 0.326 e. The molecule has 0 bridgehead atoms. The molecule has 0 saturated heterocycles. The zero-order chi connectivity index (χ0) is 46.5. The Morgan fingerprint density at radius 1 is 0.710 bits per heavy atom. The van der Waals surface area contributed by atoms with E-state index in [0.29, 0.717) is 82.5 Å². The van der Waals surface area contributed by atoms with Gasteiger partial charge in [-0.05, 0) is 57.9 Å². The Labute approximate surface area is 358 Å². The second kappa shape index (κ2) is 30.6. The van der Waals surface area contributed by atoms with Gasteiger partial charge in [0.15, 0.2) is 0 Å². The summed E-state index contributed by atoms with van der Waals surface area (Å²) in [5.74, 6) is -6.91. The maximum absolute atomic E-state index is 12.5. The third kappa shape index (κ3) is 25.3. The average Bonchev–Trinajstić information content (AvgIpc) is 3.83. The van der Waals surface area contributed by atoms with Gasteiger partial charge in [-0.15, -0.1) is 0 Å². The number of nitrogens with one attached hydrogen (secondary N) is 4. The molecule has 4 amide bonds. The van der Waals surface area contributed by atoms with Crippen molar-refractivity contribution >= 4 is 59.4 Å². The molecule has 1 aliphatic rings. The SMILES string of the molecule is CCC(=O)O.O=C(O)CNC(=O)NC(CCCCNC(=O)CCCCCCC(=O)NC(CCCCN(CC1=NC=CC1CC(=O)O)Cc1nccn1CC(=O)O)C(=O)O)C(=O)O. The molecule has 0 aliphatic carbocycles. The highest BCUT2D eigenvalue weighted by Crippen LogP contribution is 2.18. The van der Waals surface area contributed by atoms with Gasteiger partial charge in [0.25, 0.3) is 0 Å². The Morgan fingerprint density at radius 2 is 1.32 bits per heavy atom. The van der Waals surface area contributed by atoms with E-state index in [1.54, 1.807) is 25.4 Å². The number of unbranched alkanes of at least 4 members (excludes halogenated alkanes) is 5. The van der Waals surface area contributed by atoms with Crippen LogP contribution in [0, 0.1) is 5.92 Å². The quantitative estimate of drug-likeness (QED) is 0.0459. The van der Waals surface area contributed by atoms with Crippen LogP contribution in [0.2, 0.25) is 0 Å². The van der Waals surface area contributed by atoms with E-state index < -0.39 is 66.4 Å². The number of carboxylic acid groups (broad SMARTS) is 6. The molecule has 23 nitrogen and oxygen atoms in total. The van der Waals surface area contributed by atoms with Crippen LogP contribution in [0.5, 0.6) is 0 Å². The van der Waals surface area contributed by atoms with E-state index in [1.165, 1.54) is 10.8 Å². The van der Waals surface area contributed by atoms with E-state index in [2.05, 4.69) is 25.9 Å². The summed E-state index contributed by atoms with van der Waals surface area (Å²) in [5, 5.41) is 63.4. The van der Waals surface area contributed by atoms with Gasteiger partial charge in [0.1, 0.15) is 31.0 Å². The van der Waals surface area contributed by atoms with Gasteiger partial charge < -0.3 is 56.5 Å². The number of rotatable bonds is 32. The molecule has 0 spiro atoms. The number of hydrogen-bond donors (Lipinski definition) is 10. The highest BCUT2D eigenvalue weighted by molar-refractivity contribution is 5.94. The van der Waals surface area contributed by atoms with Crippen molar-refractivity contribution in [2.75, 3.05) is 26.2 Å². The van der Waals surface area contributed by atoms with Crippen LogP contribution < -0.4 is 21.3 Å². The lowest BCUT2D eigenvalue weighted by Gasteiger charge is -2.24. The van der Waals surface area contributed by atoms with Crippen LogP contribution in [0.1, 0.15) is 103 Å². The Morgan fingerprint density at radius 3 is 1.90 bits per heavy atom. The first-order valence-corrected chi connectivity index (χ1v) is 20.3. The molecule has 1 aromatic heterocycles. The third-order valence-corrected chi connectivity index (χ3v) is 9.20. The van der Waals surface area contributed by atoms with Crippen LogP contribution in [0.15, 0.2) is 29.7 Å². The summed E-state index contributed by atoms with van der Waals surface area (Å²) < 4.78 is 1.50. The number of allylic oxidation sites excluding steroid dienone is 1. The van der Waals surface area contributed by atoms with Crippen LogP contribution in [0.3, 0.4) is 0 Å². The van der Waals surface area contributed by atoms with Crippen LogP contribution in [-0.2, 0) is 51.4 Å². The number of aromatic nitrogens is 2. The number of carbonyl (C=O) groups excluding carboxylic acids is 3. The Hall–Kier alpha value is -6.39. The van der Waals surface area contributed by atoms with E-state index in [-0.39, 0.29) is 63.4 Å². The Kier molecular flexibility index (Phi) is 26.5. The predicted molar refractivity (Wildman–Crippen MR) is 219 cm³/mol. The number of carboxylic acids is 6. The summed E-state index contributed by atoms with van der Waals surface area (Å²) in [6.45, 7) is 1.98. The summed E-state index contributed by atoms with van der Waals surface area (Å²) in [7, 11) is 0. The molecule has 2 heterocycles.